The Morgan fingerprint density at radius 1 is 1.03 bits per heavy atom. The molecule has 2 aromatic carbocycles. The van der Waals surface area contributed by atoms with Crippen LogP contribution < -0.4 is 14.9 Å². The number of anilines is 2. The molecule has 4 rings (SSSR count). The number of nitrogens with one attached hydrogen (secondary N) is 2. The zero-order valence-corrected chi connectivity index (χ0v) is 23.5. The summed E-state index contributed by atoms with van der Waals surface area (Å²) in [4.78, 5) is 32.9. The van der Waals surface area contributed by atoms with E-state index in [-0.39, 0.29) is 19.3 Å². The second kappa shape index (κ2) is 12.4. The summed E-state index contributed by atoms with van der Waals surface area (Å²) >= 11 is 6.05. The van der Waals surface area contributed by atoms with Gasteiger partial charge in [-0.2, -0.15) is 0 Å². The zero-order chi connectivity index (χ0) is 27.3. The molecule has 9 nitrogen and oxygen atoms in total. The van der Waals surface area contributed by atoms with Crippen molar-refractivity contribution in [2.75, 3.05) is 55.6 Å². The molecule has 2 aromatic rings. The van der Waals surface area contributed by atoms with E-state index < -0.39 is 16.1 Å². The van der Waals surface area contributed by atoms with E-state index in [4.69, 9.17) is 11.6 Å². The van der Waals surface area contributed by atoms with Crippen molar-refractivity contribution in [3.63, 3.8) is 0 Å². The molecule has 38 heavy (non-hydrogen) atoms. The molecule has 1 unspecified atom stereocenters. The molecule has 0 spiro atoms. The Labute approximate surface area is 231 Å². The van der Waals surface area contributed by atoms with Crippen LogP contribution in [0.25, 0.3) is 0 Å². The van der Waals surface area contributed by atoms with Gasteiger partial charge in [0.05, 0.1) is 23.7 Å². The number of likely N-dealkylation sites (N-methyl/N-ethyl adjacent to an activating group) is 1. The van der Waals surface area contributed by atoms with Crippen LogP contribution in [0.15, 0.2) is 48.5 Å². The highest BCUT2D eigenvalue weighted by molar-refractivity contribution is 7.92. The lowest BCUT2D eigenvalue weighted by Gasteiger charge is -2.39. The number of piperidine rings is 1. The number of likely N-dealkylation sites (tertiary alicyclic amines) is 1. The van der Waals surface area contributed by atoms with Crippen molar-refractivity contribution in [1.82, 2.24) is 15.1 Å². The van der Waals surface area contributed by atoms with Gasteiger partial charge in [0.1, 0.15) is 6.04 Å². The average molecular weight is 564 g/mol. The second-order valence-corrected chi connectivity index (χ2v) is 12.3. The van der Waals surface area contributed by atoms with Crippen molar-refractivity contribution in [2.45, 2.75) is 37.8 Å². The number of para-hydroxylation sites is 2. The maximum absolute atomic E-state index is 13.7. The minimum Gasteiger partial charge on any atom is -0.366 e. The van der Waals surface area contributed by atoms with Gasteiger partial charge >= 0.3 is 0 Å². The molecule has 2 amide bonds. The first kappa shape index (κ1) is 28.2. The standard InChI is InChI=1S/C27H36ClN5O4S.H2/c1-31-14-6-5-9-25(31)26(34)29-23(19-20-10-12-21(28)13-11-20)27(35)33-17-15-32(16-18-33)24-8-4-3-7-22(24)30-38(2,36)37;/h3-4,7-8,10-13,23,25,30H,5-6,9,14-19H2,1-2H3,(H,29,34);1H/t23-,25?;/m1./s1. The van der Waals surface area contributed by atoms with Crippen molar-refractivity contribution in [3.8, 4) is 0 Å². The number of rotatable bonds is 8. The fourth-order valence-corrected chi connectivity index (χ4v) is 5.85. The van der Waals surface area contributed by atoms with Gasteiger partial charge < -0.3 is 15.1 Å². The third-order valence-electron chi connectivity index (χ3n) is 7.17. The molecule has 2 heterocycles. The van der Waals surface area contributed by atoms with E-state index in [0.29, 0.717) is 43.3 Å². The molecule has 0 aromatic heterocycles. The highest BCUT2D eigenvalue weighted by Gasteiger charge is 2.33. The van der Waals surface area contributed by atoms with E-state index in [2.05, 4.69) is 19.8 Å². The van der Waals surface area contributed by atoms with E-state index in [9.17, 15) is 18.0 Å². The first-order valence-electron chi connectivity index (χ1n) is 13.0. The molecule has 2 atom stereocenters. The van der Waals surface area contributed by atoms with Crippen LogP contribution >= 0.6 is 11.6 Å². The van der Waals surface area contributed by atoms with Gasteiger partial charge in [0.2, 0.25) is 21.8 Å². The van der Waals surface area contributed by atoms with Gasteiger partial charge in [-0.05, 0) is 56.3 Å². The van der Waals surface area contributed by atoms with Gasteiger partial charge in [-0.25, -0.2) is 8.42 Å². The molecule has 0 aliphatic carbocycles. The number of carbonyl (C=O) groups is 2. The third-order valence-corrected chi connectivity index (χ3v) is 8.01. The van der Waals surface area contributed by atoms with Crippen LogP contribution in [0, 0.1) is 0 Å². The van der Waals surface area contributed by atoms with E-state index in [0.717, 1.165) is 43.3 Å². The van der Waals surface area contributed by atoms with Crippen LogP contribution in [0.5, 0.6) is 0 Å². The van der Waals surface area contributed by atoms with Gasteiger partial charge in [0.25, 0.3) is 0 Å². The summed E-state index contributed by atoms with van der Waals surface area (Å²) in [5.74, 6) is -0.229. The fourth-order valence-electron chi connectivity index (χ4n) is 5.15. The first-order chi connectivity index (χ1) is 18.1. The molecule has 208 valence electrons. The molecule has 0 saturated carbocycles. The summed E-state index contributed by atoms with van der Waals surface area (Å²) in [6, 6.07) is 13.7. The van der Waals surface area contributed by atoms with Crippen molar-refractivity contribution in [3.05, 3.63) is 59.1 Å². The second-order valence-electron chi connectivity index (χ2n) is 10.1. The van der Waals surface area contributed by atoms with Crippen molar-refractivity contribution < 1.29 is 19.4 Å². The molecule has 0 radical (unpaired) electrons. The van der Waals surface area contributed by atoms with E-state index in [1.54, 1.807) is 29.2 Å². The number of piperazine rings is 1. The summed E-state index contributed by atoms with van der Waals surface area (Å²) in [6.45, 7) is 2.87. The highest BCUT2D eigenvalue weighted by Crippen LogP contribution is 2.27. The Hall–Kier alpha value is -2.82. The Balaban J connectivity index is 0.00000420. The lowest BCUT2D eigenvalue weighted by molar-refractivity contribution is -0.138. The molecular weight excluding hydrogens is 526 g/mol. The number of hydrogen-bond acceptors (Lipinski definition) is 6. The highest BCUT2D eigenvalue weighted by atomic mass is 35.5. The Morgan fingerprint density at radius 2 is 1.71 bits per heavy atom. The van der Waals surface area contributed by atoms with Crippen LogP contribution in [-0.4, -0.2) is 88.1 Å². The van der Waals surface area contributed by atoms with Gasteiger partial charge in [0, 0.05) is 39.0 Å². The lowest BCUT2D eigenvalue weighted by atomic mass is 10.00. The van der Waals surface area contributed by atoms with Gasteiger partial charge in [-0.1, -0.05) is 42.3 Å². The molecule has 2 aliphatic heterocycles. The number of hydrogen-bond donors (Lipinski definition) is 2. The smallest absolute Gasteiger partial charge is 0.245 e. The van der Waals surface area contributed by atoms with Crippen molar-refractivity contribution >= 4 is 44.8 Å². The predicted molar refractivity (Wildman–Crippen MR) is 153 cm³/mol. The van der Waals surface area contributed by atoms with Crippen LogP contribution in [0.1, 0.15) is 26.3 Å². The molecule has 11 heteroatoms. The van der Waals surface area contributed by atoms with Crippen LogP contribution in [0.3, 0.4) is 0 Å². The van der Waals surface area contributed by atoms with Crippen LogP contribution in [-0.2, 0) is 26.0 Å². The minimum atomic E-state index is -3.42. The van der Waals surface area contributed by atoms with Gasteiger partial charge in [0.15, 0.2) is 0 Å². The van der Waals surface area contributed by atoms with Crippen molar-refractivity contribution in [1.29, 1.82) is 0 Å². The Morgan fingerprint density at radius 3 is 2.37 bits per heavy atom. The zero-order valence-electron chi connectivity index (χ0n) is 21.9. The monoisotopic (exact) mass is 563 g/mol. The normalized spacial score (nSPS) is 19.6. The summed E-state index contributed by atoms with van der Waals surface area (Å²) in [5.41, 5.74) is 2.21. The quantitative estimate of drug-likeness (QED) is 0.512. The van der Waals surface area contributed by atoms with Crippen LogP contribution in [0.4, 0.5) is 11.4 Å². The topological polar surface area (TPSA) is 102 Å². The molecule has 2 N–H and O–H groups in total. The molecule has 2 fully saturated rings. The number of benzene rings is 2. The van der Waals surface area contributed by atoms with Crippen molar-refractivity contribution in [2.24, 2.45) is 0 Å². The maximum atomic E-state index is 13.7. The summed E-state index contributed by atoms with van der Waals surface area (Å²) < 4.78 is 26.2. The van der Waals surface area contributed by atoms with E-state index in [1.807, 2.05) is 31.3 Å². The number of amides is 2. The lowest BCUT2D eigenvalue weighted by Crippen LogP contribution is -2.58. The number of sulfonamides is 1. The third kappa shape index (κ3) is 7.39. The summed E-state index contributed by atoms with van der Waals surface area (Å²) in [6.07, 6.45) is 4.35. The molecule has 0 bridgehead atoms. The number of halogens is 1. The SMILES string of the molecule is CN1CCCCC1C(=O)N[C@H](Cc1ccc(Cl)cc1)C(=O)N1CCN(c2ccccc2NS(C)(=O)=O)CC1.[HH]. The first-order valence-corrected chi connectivity index (χ1v) is 15.2. The number of nitrogens with zero attached hydrogens (tertiary/aromatic N) is 3. The van der Waals surface area contributed by atoms with Gasteiger partial charge in [-0.3, -0.25) is 19.2 Å². The maximum Gasteiger partial charge on any atom is 0.245 e. The van der Waals surface area contributed by atoms with Gasteiger partial charge in [-0.15, -0.1) is 0 Å². The Bertz CT molecular complexity index is 1240. The average Bonchev–Trinajstić information content (AvgIpc) is 2.89. The predicted octanol–water partition coefficient (Wildman–Crippen LogP) is 2.82. The van der Waals surface area contributed by atoms with E-state index in [1.165, 1.54) is 0 Å². The number of carbonyl (C=O) groups excluding carboxylic acids is 2. The Kier molecular flexibility index (Phi) is 9.17. The largest absolute Gasteiger partial charge is 0.366 e. The molecule has 2 aliphatic rings. The molecular formula is C27H38ClN5O4S. The fraction of sp³-hybridized carbons (Fsp3) is 0.481. The van der Waals surface area contributed by atoms with E-state index >= 15 is 0 Å². The molecule has 2 saturated heterocycles. The summed E-state index contributed by atoms with van der Waals surface area (Å²) in [5, 5.41) is 3.68. The summed E-state index contributed by atoms with van der Waals surface area (Å²) in [7, 11) is -1.47. The minimum absolute atomic E-state index is 0. The van der Waals surface area contributed by atoms with Crippen LogP contribution in [0.2, 0.25) is 5.02 Å².